The van der Waals surface area contributed by atoms with E-state index in [-0.39, 0.29) is 23.6 Å². The largest absolute Gasteiger partial charge is 0.428 e. The lowest BCUT2D eigenvalue weighted by molar-refractivity contribution is -0.168. The minimum Gasteiger partial charge on any atom is -0.428 e. The van der Waals surface area contributed by atoms with E-state index in [1.54, 1.807) is 0 Å². The van der Waals surface area contributed by atoms with Crippen molar-refractivity contribution >= 4 is 29.6 Å². The van der Waals surface area contributed by atoms with E-state index in [9.17, 15) is 19.5 Å². The Labute approximate surface area is 131 Å². The SMILES string of the molecule is COCC1=C(C(=O)OCOC(C)=O)N2C(=O)[C@H]([C@@H](C)O)[C@H]2S1. The zero-order chi connectivity index (χ0) is 16.4. The molecule has 0 aromatic heterocycles. The van der Waals surface area contributed by atoms with Crippen molar-refractivity contribution in [3.05, 3.63) is 10.6 Å². The molecule has 2 aliphatic heterocycles. The number of esters is 2. The first kappa shape index (κ1) is 16.8. The Morgan fingerprint density at radius 1 is 1.41 bits per heavy atom. The average molecular weight is 331 g/mol. The number of β-lactam (4-membered cyclic amide) rings is 1. The van der Waals surface area contributed by atoms with Crippen molar-refractivity contribution in [2.24, 2.45) is 5.92 Å². The summed E-state index contributed by atoms with van der Waals surface area (Å²) in [4.78, 5) is 36.8. The van der Waals surface area contributed by atoms with E-state index >= 15 is 0 Å². The summed E-state index contributed by atoms with van der Waals surface area (Å²) < 4.78 is 14.4. The van der Waals surface area contributed by atoms with Crippen LogP contribution >= 0.6 is 11.8 Å². The molecule has 0 radical (unpaired) electrons. The van der Waals surface area contributed by atoms with Gasteiger partial charge < -0.3 is 19.3 Å². The van der Waals surface area contributed by atoms with Crippen molar-refractivity contribution in [2.75, 3.05) is 20.5 Å². The van der Waals surface area contributed by atoms with Crippen LogP contribution < -0.4 is 0 Å². The number of thioether (sulfide) groups is 1. The number of ether oxygens (including phenoxy) is 3. The van der Waals surface area contributed by atoms with Crippen LogP contribution in [0, 0.1) is 5.92 Å². The van der Waals surface area contributed by atoms with Gasteiger partial charge in [0, 0.05) is 18.9 Å². The fourth-order valence-corrected chi connectivity index (χ4v) is 3.89. The number of hydrogen-bond acceptors (Lipinski definition) is 8. The van der Waals surface area contributed by atoms with Crippen molar-refractivity contribution in [2.45, 2.75) is 25.3 Å². The first-order chi connectivity index (χ1) is 10.4. The van der Waals surface area contributed by atoms with E-state index in [4.69, 9.17) is 9.47 Å². The molecule has 8 nitrogen and oxygen atoms in total. The van der Waals surface area contributed by atoms with Gasteiger partial charge in [-0.2, -0.15) is 0 Å². The van der Waals surface area contributed by atoms with E-state index in [0.29, 0.717) is 4.91 Å². The molecule has 2 rings (SSSR count). The Kier molecular flexibility index (Phi) is 5.09. The smallest absolute Gasteiger partial charge is 0.358 e. The predicted molar refractivity (Wildman–Crippen MR) is 75.0 cm³/mol. The Hall–Kier alpha value is -1.58. The van der Waals surface area contributed by atoms with Gasteiger partial charge in [0.1, 0.15) is 11.1 Å². The average Bonchev–Trinajstić information content (AvgIpc) is 2.72. The highest BCUT2D eigenvalue weighted by Crippen LogP contribution is 2.50. The second-order valence-corrected chi connectivity index (χ2v) is 6.08. The van der Waals surface area contributed by atoms with Crippen LogP contribution in [-0.4, -0.2) is 59.8 Å². The van der Waals surface area contributed by atoms with Crippen molar-refractivity contribution in [3.8, 4) is 0 Å². The third-order valence-corrected chi connectivity index (χ3v) is 4.63. The summed E-state index contributed by atoms with van der Waals surface area (Å²) in [5.74, 6) is -2.24. The van der Waals surface area contributed by atoms with Crippen LogP contribution in [0.15, 0.2) is 10.6 Å². The number of carbonyl (C=O) groups excluding carboxylic acids is 3. The van der Waals surface area contributed by atoms with Gasteiger partial charge in [-0.15, -0.1) is 0 Å². The monoisotopic (exact) mass is 331 g/mol. The maximum absolute atomic E-state index is 12.1. The van der Waals surface area contributed by atoms with Crippen LogP contribution in [0.3, 0.4) is 0 Å². The second kappa shape index (κ2) is 6.67. The standard InChI is InChI=1S/C13H17NO7S/c1-6(15)9-11(17)14-10(8(4-19-3)22-12(9)14)13(18)21-5-20-7(2)16/h6,9,12,15H,4-5H2,1-3H3/t6-,9+,12-/m1/s1. The highest BCUT2D eigenvalue weighted by atomic mass is 32.2. The van der Waals surface area contributed by atoms with Gasteiger partial charge in [0.05, 0.1) is 18.6 Å². The van der Waals surface area contributed by atoms with Crippen LogP contribution in [0.2, 0.25) is 0 Å². The number of hydrogen-bond donors (Lipinski definition) is 1. The van der Waals surface area contributed by atoms with E-state index in [1.165, 1.54) is 37.6 Å². The molecule has 0 saturated carbocycles. The Morgan fingerprint density at radius 2 is 2.09 bits per heavy atom. The van der Waals surface area contributed by atoms with Gasteiger partial charge in [0.25, 0.3) is 0 Å². The van der Waals surface area contributed by atoms with Gasteiger partial charge in [0.2, 0.25) is 12.7 Å². The van der Waals surface area contributed by atoms with E-state index in [2.05, 4.69) is 4.74 Å². The van der Waals surface area contributed by atoms with Crippen LogP contribution in [0.5, 0.6) is 0 Å². The van der Waals surface area contributed by atoms with Gasteiger partial charge in [-0.3, -0.25) is 14.5 Å². The third kappa shape index (κ3) is 2.96. The zero-order valence-corrected chi connectivity index (χ0v) is 13.2. The molecule has 22 heavy (non-hydrogen) atoms. The maximum atomic E-state index is 12.1. The molecule has 9 heteroatoms. The van der Waals surface area contributed by atoms with Crippen molar-refractivity contribution in [3.63, 3.8) is 0 Å². The van der Waals surface area contributed by atoms with E-state index in [0.717, 1.165) is 0 Å². The number of methoxy groups -OCH3 is 1. The summed E-state index contributed by atoms with van der Waals surface area (Å²) in [6.07, 6.45) is -0.804. The summed E-state index contributed by atoms with van der Waals surface area (Å²) in [5, 5.41) is 9.31. The molecular formula is C13H17NO7S. The van der Waals surface area contributed by atoms with Crippen molar-refractivity contribution in [1.29, 1.82) is 0 Å². The molecule has 0 spiro atoms. The number of nitrogens with zero attached hydrogens (tertiary/aromatic N) is 1. The molecule has 1 saturated heterocycles. The molecule has 0 bridgehead atoms. The fraction of sp³-hybridized carbons (Fsp3) is 0.615. The summed E-state index contributed by atoms with van der Waals surface area (Å²) in [6, 6.07) is 0. The third-order valence-electron chi connectivity index (χ3n) is 3.29. The quantitative estimate of drug-likeness (QED) is 0.406. The fourth-order valence-electron chi connectivity index (χ4n) is 2.31. The van der Waals surface area contributed by atoms with Gasteiger partial charge in [-0.1, -0.05) is 11.8 Å². The highest BCUT2D eigenvalue weighted by molar-refractivity contribution is 8.04. The molecular weight excluding hydrogens is 314 g/mol. The first-order valence-electron chi connectivity index (χ1n) is 6.58. The topological polar surface area (TPSA) is 102 Å². The van der Waals surface area contributed by atoms with Gasteiger partial charge in [-0.25, -0.2) is 4.79 Å². The number of amides is 1. The molecule has 1 fully saturated rings. The molecule has 3 atom stereocenters. The lowest BCUT2D eigenvalue weighted by Crippen LogP contribution is -2.60. The molecule has 2 heterocycles. The second-order valence-electron chi connectivity index (χ2n) is 4.87. The number of carbonyl (C=O) groups is 3. The zero-order valence-electron chi connectivity index (χ0n) is 12.4. The summed E-state index contributed by atoms with van der Waals surface area (Å²) >= 11 is 1.29. The van der Waals surface area contributed by atoms with E-state index in [1.807, 2.05) is 0 Å². The molecule has 1 amide bonds. The number of aliphatic hydroxyl groups excluding tert-OH is 1. The van der Waals surface area contributed by atoms with Crippen molar-refractivity contribution < 1.29 is 33.7 Å². The maximum Gasteiger partial charge on any atom is 0.358 e. The number of aliphatic hydroxyl groups is 1. The van der Waals surface area contributed by atoms with E-state index < -0.39 is 30.8 Å². The predicted octanol–water partition coefficient (Wildman–Crippen LogP) is -0.180. The molecule has 1 N–H and O–H groups in total. The van der Waals surface area contributed by atoms with Gasteiger partial charge in [-0.05, 0) is 6.92 Å². The minimum absolute atomic E-state index is 0.0888. The number of rotatable bonds is 6. The molecule has 0 unspecified atom stereocenters. The lowest BCUT2D eigenvalue weighted by Gasteiger charge is -2.43. The van der Waals surface area contributed by atoms with Gasteiger partial charge in [0.15, 0.2) is 0 Å². The van der Waals surface area contributed by atoms with Crippen molar-refractivity contribution in [1.82, 2.24) is 4.90 Å². The van der Waals surface area contributed by atoms with Crippen LogP contribution in [0.25, 0.3) is 0 Å². The normalized spacial score (nSPS) is 24.7. The summed E-state index contributed by atoms with van der Waals surface area (Å²) in [7, 11) is 1.47. The Balaban J connectivity index is 2.12. The van der Waals surface area contributed by atoms with Gasteiger partial charge >= 0.3 is 11.9 Å². The molecule has 2 aliphatic rings. The molecule has 0 aromatic carbocycles. The Morgan fingerprint density at radius 3 is 2.64 bits per heavy atom. The van der Waals surface area contributed by atoms with Crippen LogP contribution in [0.1, 0.15) is 13.8 Å². The first-order valence-corrected chi connectivity index (χ1v) is 7.46. The van der Waals surface area contributed by atoms with Crippen LogP contribution in [-0.2, 0) is 28.6 Å². The Bertz CT molecular complexity index is 530. The molecule has 122 valence electrons. The minimum atomic E-state index is -0.804. The highest BCUT2D eigenvalue weighted by Gasteiger charge is 2.57. The molecule has 0 aliphatic carbocycles. The summed E-state index contributed by atoms with van der Waals surface area (Å²) in [6.45, 7) is 2.36. The lowest BCUT2D eigenvalue weighted by atomic mass is 9.92. The summed E-state index contributed by atoms with van der Waals surface area (Å²) in [5.41, 5.74) is 0.0888. The number of fused-ring (bicyclic) bond motifs is 1. The molecule has 0 aromatic rings. The van der Waals surface area contributed by atoms with Crippen LogP contribution in [0.4, 0.5) is 0 Å².